The summed E-state index contributed by atoms with van der Waals surface area (Å²) < 4.78 is 0. The van der Waals surface area contributed by atoms with Gasteiger partial charge in [-0.2, -0.15) is 0 Å². The highest BCUT2D eigenvalue weighted by Crippen LogP contribution is 2.41. The van der Waals surface area contributed by atoms with E-state index in [2.05, 4.69) is 0 Å². The molecule has 144 valence electrons. The third-order valence-electron chi connectivity index (χ3n) is 4.48. The first-order chi connectivity index (χ1) is 14.1. The highest BCUT2D eigenvalue weighted by molar-refractivity contribution is 8.03. The molecule has 3 aromatic rings. The summed E-state index contributed by atoms with van der Waals surface area (Å²) in [5.74, 6) is -0.220. The van der Waals surface area contributed by atoms with Crippen molar-refractivity contribution < 1.29 is 9.59 Å². The van der Waals surface area contributed by atoms with Gasteiger partial charge in [0.25, 0.3) is 11.8 Å². The van der Waals surface area contributed by atoms with Crippen LogP contribution in [0.3, 0.4) is 0 Å². The van der Waals surface area contributed by atoms with Gasteiger partial charge in [-0.1, -0.05) is 83.9 Å². The van der Waals surface area contributed by atoms with E-state index >= 15 is 0 Å². The van der Waals surface area contributed by atoms with Gasteiger partial charge in [0, 0.05) is 10.8 Å². The Morgan fingerprint density at radius 1 is 0.793 bits per heavy atom. The molecule has 1 aliphatic heterocycles. The Bertz CT molecular complexity index is 1110. The fraction of sp³-hybridized carbons (Fsp3) is 0.0435. The van der Waals surface area contributed by atoms with Crippen LogP contribution in [0.1, 0.15) is 11.1 Å². The van der Waals surface area contributed by atoms with Crippen molar-refractivity contribution in [3.63, 3.8) is 0 Å². The van der Waals surface area contributed by atoms with E-state index in [1.807, 2.05) is 60.7 Å². The topological polar surface area (TPSA) is 37.4 Å². The zero-order chi connectivity index (χ0) is 20.4. The summed E-state index contributed by atoms with van der Waals surface area (Å²) >= 11 is 13.7. The average molecular weight is 440 g/mol. The molecule has 0 N–H and O–H groups in total. The highest BCUT2D eigenvalue weighted by Gasteiger charge is 2.41. The molecule has 2 amide bonds. The van der Waals surface area contributed by atoms with E-state index in [0.717, 1.165) is 10.5 Å². The van der Waals surface area contributed by atoms with Crippen LogP contribution in [-0.4, -0.2) is 11.8 Å². The van der Waals surface area contributed by atoms with Gasteiger partial charge in [-0.05, 0) is 29.3 Å². The Morgan fingerprint density at radius 3 is 2.14 bits per heavy atom. The Balaban J connectivity index is 1.76. The fourth-order valence-electron chi connectivity index (χ4n) is 3.11. The standard InChI is InChI=1S/C23H15Cl2NO2S/c24-17-11-12-18(25)19(13-17)26-22(27)20(16-9-5-2-6-10-16)21(23(26)28)29-14-15-7-3-1-4-8-15/h1-13H,14H2. The molecule has 6 heteroatoms. The minimum Gasteiger partial charge on any atom is -0.268 e. The normalized spacial score (nSPS) is 14.1. The van der Waals surface area contributed by atoms with E-state index in [9.17, 15) is 9.59 Å². The lowest BCUT2D eigenvalue weighted by atomic mass is 10.1. The Hall–Kier alpha value is -2.53. The molecule has 0 unspecified atom stereocenters. The zero-order valence-electron chi connectivity index (χ0n) is 15.1. The minimum atomic E-state index is -0.402. The number of anilines is 1. The molecule has 0 radical (unpaired) electrons. The second-order valence-electron chi connectivity index (χ2n) is 6.39. The molecule has 0 fully saturated rings. The van der Waals surface area contributed by atoms with Gasteiger partial charge in [-0.15, -0.1) is 11.8 Å². The first kappa shape index (κ1) is 19.8. The first-order valence-electron chi connectivity index (χ1n) is 8.86. The monoisotopic (exact) mass is 439 g/mol. The molecule has 0 bridgehead atoms. The number of hydrogen-bond acceptors (Lipinski definition) is 3. The largest absolute Gasteiger partial charge is 0.272 e. The predicted octanol–water partition coefficient (Wildman–Crippen LogP) is 6.21. The molecule has 0 saturated carbocycles. The predicted molar refractivity (Wildman–Crippen MR) is 120 cm³/mol. The average Bonchev–Trinajstić information content (AvgIpc) is 2.99. The molecule has 3 nitrogen and oxygen atoms in total. The number of carbonyl (C=O) groups is 2. The molecule has 1 heterocycles. The molecule has 29 heavy (non-hydrogen) atoms. The number of amides is 2. The van der Waals surface area contributed by atoms with Crippen molar-refractivity contribution in [2.75, 3.05) is 4.90 Å². The zero-order valence-corrected chi connectivity index (χ0v) is 17.5. The Kier molecular flexibility index (Phi) is 5.76. The van der Waals surface area contributed by atoms with Crippen LogP contribution in [0.2, 0.25) is 10.0 Å². The Labute approximate surface area is 182 Å². The van der Waals surface area contributed by atoms with Crippen molar-refractivity contribution in [1.82, 2.24) is 0 Å². The molecule has 4 rings (SSSR count). The Morgan fingerprint density at radius 2 is 1.45 bits per heavy atom. The van der Waals surface area contributed by atoms with E-state index in [4.69, 9.17) is 23.2 Å². The van der Waals surface area contributed by atoms with Gasteiger partial charge >= 0.3 is 0 Å². The maximum atomic E-state index is 13.3. The van der Waals surface area contributed by atoms with Crippen molar-refractivity contribution in [2.24, 2.45) is 0 Å². The van der Waals surface area contributed by atoms with Gasteiger partial charge in [0.15, 0.2) is 0 Å². The van der Waals surface area contributed by atoms with Crippen LogP contribution in [-0.2, 0) is 15.3 Å². The number of thioether (sulfide) groups is 1. The van der Waals surface area contributed by atoms with Gasteiger partial charge < -0.3 is 0 Å². The molecule has 3 aromatic carbocycles. The quantitative estimate of drug-likeness (QED) is 0.443. The number of halogens is 2. The maximum absolute atomic E-state index is 13.3. The maximum Gasteiger partial charge on any atom is 0.272 e. The second-order valence-corrected chi connectivity index (χ2v) is 8.22. The van der Waals surface area contributed by atoms with E-state index in [1.165, 1.54) is 17.8 Å². The van der Waals surface area contributed by atoms with Gasteiger partial charge in [0.2, 0.25) is 0 Å². The first-order valence-corrected chi connectivity index (χ1v) is 10.6. The highest BCUT2D eigenvalue weighted by atomic mass is 35.5. The number of carbonyl (C=O) groups excluding carboxylic acids is 2. The van der Waals surface area contributed by atoms with Crippen LogP contribution in [0, 0.1) is 0 Å². The summed E-state index contributed by atoms with van der Waals surface area (Å²) in [5, 5.41) is 0.689. The van der Waals surface area contributed by atoms with Crippen molar-refractivity contribution in [1.29, 1.82) is 0 Å². The van der Waals surface area contributed by atoms with Crippen LogP contribution in [0.15, 0.2) is 83.8 Å². The van der Waals surface area contributed by atoms with Crippen LogP contribution in [0.4, 0.5) is 5.69 Å². The number of rotatable bonds is 5. The van der Waals surface area contributed by atoms with Gasteiger partial charge in [0.1, 0.15) is 0 Å². The SMILES string of the molecule is O=C1C(SCc2ccccc2)=C(c2ccccc2)C(=O)N1c1cc(Cl)ccc1Cl. The third-order valence-corrected chi connectivity index (χ3v) is 6.18. The molecule has 0 atom stereocenters. The fourth-order valence-corrected chi connectivity index (χ4v) is 4.54. The summed E-state index contributed by atoms with van der Waals surface area (Å²) in [4.78, 5) is 28.2. The van der Waals surface area contributed by atoms with Crippen LogP contribution >= 0.6 is 35.0 Å². The van der Waals surface area contributed by atoms with Crippen molar-refractivity contribution >= 4 is 58.0 Å². The molecule has 0 saturated heterocycles. The van der Waals surface area contributed by atoms with Crippen molar-refractivity contribution in [3.8, 4) is 0 Å². The van der Waals surface area contributed by atoms with Crippen LogP contribution in [0.25, 0.3) is 5.57 Å². The van der Waals surface area contributed by atoms with Crippen molar-refractivity contribution in [3.05, 3.63) is 105 Å². The van der Waals surface area contributed by atoms with Gasteiger partial charge in [-0.25, -0.2) is 4.90 Å². The molecule has 0 spiro atoms. The van der Waals surface area contributed by atoms with E-state index in [-0.39, 0.29) is 16.6 Å². The summed E-state index contributed by atoms with van der Waals surface area (Å²) in [7, 11) is 0. The molecule has 1 aliphatic rings. The smallest absolute Gasteiger partial charge is 0.268 e. The molecule has 0 aliphatic carbocycles. The van der Waals surface area contributed by atoms with E-state index < -0.39 is 5.91 Å². The summed E-state index contributed by atoms with van der Waals surface area (Å²) in [6, 6.07) is 23.8. The van der Waals surface area contributed by atoms with E-state index in [1.54, 1.807) is 12.1 Å². The lowest BCUT2D eigenvalue weighted by Crippen LogP contribution is -2.31. The summed E-state index contributed by atoms with van der Waals surface area (Å²) in [5.41, 5.74) is 2.43. The molecular formula is C23H15Cl2NO2S. The van der Waals surface area contributed by atoms with Gasteiger partial charge in [-0.3, -0.25) is 9.59 Å². The second kappa shape index (κ2) is 8.46. The van der Waals surface area contributed by atoms with Crippen molar-refractivity contribution in [2.45, 2.75) is 5.75 Å². The molecular weight excluding hydrogens is 425 g/mol. The lowest BCUT2D eigenvalue weighted by Gasteiger charge is -2.17. The minimum absolute atomic E-state index is 0.290. The third kappa shape index (κ3) is 3.97. The molecule has 0 aromatic heterocycles. The number of hydrogen-bond donors (Lipinski definition) is 0. The summed E-state index contributed by atoms with van der Waals surface area (Å²) in [6.07, 6.45) is 0. The van der Waals surface area contributed by atoms with Crippen LogP contribution in [0.5, 0.6) is 0 Å². The lowest BCUT2D eigenvalue weighted by molar-refractivity contribution is -0.119. The van der Waals surface area contributed by atoms with Crippen LogP contribution < -0.4 is 4.90 Å². The number of benzene rings is 3. The summed E-state index contributed by atoms with van der Waals surface area (Å²) in [6.45, 7) is 0. The van der Waals surface area contributed by atoms with E-state index in [0.29, 0.717) is 26.8 Å². The van der Waals surface area contributed by atoms with Gasteiger partial charge in [0.05, 0.1) is 21.2 Å². The number of nitrogens with zero attached hydrogens (tertiary/aromatic N) is 1. The number of imide groups is 1.